The van der Waals surface area contributed by atoms with Crippen molar-refractivity contribution in [3.63, 3.8) is 0 Å². The third-order valence-corrected chi connectivity index (χ3v) is 1.57. The summed E-state index contributed by atoms with van der Waals surface area (Å²) in [4.78, 5) is 31.1. The van der Waals surface area contributed by atoms with Gasteiger partial charge in [0.15, 0.2) is 0 Å². The second kappa shape index (κ2) is 5.50. The molecule has 0 saturated heterocycles. The third-order valence-electron chi connectivity index (χ3n) is 1.57. The fourth-order valence-corrected chi connectivity index (χ4v) is 1.09. The molecule has 1 aromatic rings. The molecule has 0 aliphatic carbocycles. The highest BCUT2D eigenvalue weighted by Crippen LogP contribution is 2.25. The van der Waals surface area contributed by atoms with Crippen molar-refractivity contribution >= 4 is 24.5 Å². The van der Waals surface area contributed by atoms with Crippen molar-refractivity contribution in [1.29, 1.82) is 0 Å². The quantitative estimate of drug-likeness (QED) is 0.743. The Morgan fingerprint density at radius 1 is 1.12 bits per heavy atom. The second-order valence-electron chi connectivity index (χ2n) is 2.80. The van der Waals surface area contributed by atoms with Crippen LogP contribution in [0.3, 0.4) is 0 Å². The molecule has 16 heavy (non-hydrogen) atoms. The molecule has 1 aromatic carbocycles. The highest BCUT2D eigenvalue weighted by atomic mass is 16.5. The number of nitrogens with one attached hydrogen (secondary N) is 1. The summed E-state index contributed by atoms with van der Waals surface area (Å²) in [5.74, 6) is 0.0384. The molecule has 6 heteroatoms. The maximum Gasteiger partial charge on any atom is 0.298 e. The van der Waals surface area contributed by atoms with Crippen LogP contribution in [0, 0.1) is 0 Å². The van der Waals surface area contributed by atoms with Crippen LogP contribution in [0.2, 0.25) is 0 Å². The van der Waals surface area contributed by atoms with E-state index in [1.54, 1.807) is 0 Å². The van der Waals surface area contributed by atoms with Gasteiger partial charge in [0.1, 0.15) is 11.5 Å². The Bertz CT molecular complexity index is 387. The maximum atomic E-state index is 10.8. The first-order valence-electron chi connectivity index (χ1n) is 4.29. The molecule has 0 saturated carbocycles. The summed E-state index contributed by atoms with van der Waals surface area (Å²) in [6.07, 6.45) is 0. The lowest BCUT2D eigenvalue weighted by atomic mass is 10.2. The molecule has 0 atom stereocenters. The molecule has 1 amide bonds. The first kappa shape index (κ1) is 11.7. The number of hydrogen-bond donors (Lipinski definition) is 1. The molecule has 6 nitrogen and oxygen atoms in total. The van der Waals surface area contributed by atoms with Gasteiger partial charge in [-0.05, 0) is 0 Å². The lowest BCUT2D eigenvalue weighted by Crippen LogP contribution is -2.06. The van der Waals surface area contributed by atoms with E-state index >= 15 is 0 Å². The number of carbonyl (C=O) groups is 3. The minimum absolute atomic E-state index is 0.165. The Labute approximate surface area is 91.2 Å². The molecule has 0 radical (unpaired) electrons. The van der Waals surface area contributed by atoms with Crippen molar-refractivity contribution in [2.24, 2.45) is 0 Å². The van der Waals surface area contributed by atoms with Gasteiger partial charge in [-0.15, -0.1) is 0 Å². The minimum atomic E-state index is -0.291. The number of rotatable bonds is 5. The van der Waals surface area contributed by atoms with Crippen molar-refractivity contribution < 1.29 is 23.9 Å². The lowest BCUT2D eigenvalue weighted by Gasteiger charge is -2.06. The molecule has 0 bridgehead atoms. The highest BCUT2D eigenvalue weighted by Gasteiger charge is 2.04. The summed E-state index contributed by atoms with van der Waals surface area (Å²) in [5, 5.41) is 2.47. The van der Waals surface area contributed by atoms with Gasteiger partial charge in [0.25, 0.3) is 12.9 Å². The average Bonchev–Trinajstić information content (AvgIpc) is 2.17. The number of hydrogen-bond acceptors (Lipinski definition) is 5. The molecule has 84 valence electrons. The van der Waals surface area contributed by atoms with Crippen LogP contribution in [0.5, 0.6) is 11.5 Å². The van der Waals surface area contributed by atoms with Crippen molar-refractivity contribution in [2.45, 2.75) is 6.92 Å². The van der Waals surface area contributed by atoms with Gasteiger partial charge < -0.3 is 14.8 Å². The lowest BCUT2D eigenvalue weighted by molar-refractivity contribution is -0.121. The van der Waals surface area contributed by atoms with E-state index in [1.807, 2.05) is 0 Å². The molecule has 0 spiro atoms. The maximum absolute atomic E-state index is 10.8. The standard InChI is InChI=1S/C10H9NO5/c1-7(14)11-8-2-9(15-5-12)4-10(3-8)16-6-13/h2-6H,1H3,(H,11,14). The number of anilines is 1. The Morgan fingerprint density at radius 2 is 1.62 bits per heavy atom. The predicted molar refractivity (Wildman–Crippen MR) is 54.1 cm³/mol. The monoisotopic (exact) mass is 223 g/mol. The Balaban J connectivity index is 3.01. The zero-order valence-corrected chi connectivity index (χ0v) is 8.43. The number of benzene rings is 1. The molecule has 1 rings (SSSR count). The van der Waals surface area contributed by atoms with Gasteiger partial charge in [-0.3, -0.25) is 14.4 Å². The van der Waals surface area contributed by atoms with Gasteiger partial charge in [0.05, 0.1) is 0 Å². The van der Waals surface area contributed by atoms with Crippen LogP contribution in [0.4, 0.5) is 5.69 Å². The summed E-state index contributed by atoms with van der Waals surface area (Å²) in [7, 11) is 0. The van der Waals surface area contributed by atoms with Crippen molar-refractivity contribution in [3.05, 3.63) is 18.2 Å². The highest BCUT2D eigenvalue weighted by molar-refractivity contribution is 5.89. The Kier molecular flexibility index (Phi) is 4.02. The van der Waals surface area contributed by atoms with E-state index in [4.69, 9.17) is 0 Å². The van der Waals surface area contributed by atoms with Gasteiger partial charge in [0.2, 0.25) is 5.91 Å². The van der Waals surface area contributed by atoms with E-state index in [0.29, 0.717) is 5.69 Å². The molecule has 0 heterocycles. The third kappa shape index (κ3) is 3.41. The van der Waals surface area contributed by atoms with Gasteiger partial charge in [0, 0.05) is 30.8 Å². The summed E-state index contributed by atoms with van der Waals surface area (Å²) < 4.78 is 9.17. The van der Waals surface area contributed by atoms with E-state index in [2.05, 4.69) is 14.8 Å². The first-order valence-corrected chi connectivity index (χ1v) is 4.29. The van der Waals surface area contributed by atoms with E-state index in [1.165, 1.54) is 25.1 Å². The predicted octanol–water partition coefficient (Wildman–Crippen LogP) is 0.715. The van der Waals surface area contributed by atoms with Crippen molar-refractivity contribution in [2.75, 3.05) is 5.32 Å². The fourth-order valence-electron chi connectivity index (χ4n) is 1.09. The van der Waals surface area contributed by atoms with Crippen molar-refractivity contribution in [3.8, 4) is 11.5 Å². The van der Waals surface area contributed by atoms with E-state index < -0.39 is 0 Å². The first-order chi connectivity index (χ1) is 7.65. The zero-order chi connectivity index (χ0) is 12.0. The smallest absolute Gasteiger partial charge is 0.298 e. The molecule has 0 aliphatic heterocycles. The molecule has 0 fully saturated rings. The number of carbonyl (C=O) groups excluding carboxylic acids is 3. The molecule has 0 unspecified atom stereocenters. The van der Waals surface area contributed by atoms with E-state index in [0.717, 1.165) is 0 Å². The summed E-state index contributed by atoms with van der Waals surface area (Å²) in [5.41, 5.74) is 0.365. The molecule has 0 aromatic heterocycles. The Morgan fingerprint density at radius 3 is 2.00 bits per heavy atom. The summed E-state index contributed by atoms with van der Waals surface area (Å²) in [6.45, 7) is 1.79. The summed E-state index contributed by atoms with van der Waals surface area (Å²) >= 11 is 0. The topological polar surface area (TPSA) is 81.7 Å². The largest absolute Gasteiger partial charge is 0.429 e. The van der Waals surface area contributed by atoms with Crippen LogP contribution in [-0.4, -0.2) is 18.9 Å². The van der Waals surface area contributed by atoms with Gasteiger partial charge in [-0.25, -0.2) is 0 Å². The van der Waals surface area contributed by atoms with Crippen LogP contribution >= 0.6 is 0 Å². The normalized spacial score (nSPS) is 9.06. The SMILES string of the molecule is CC(=O)Nc1cc(OC=O)cc(OC=O)c1. The molecular formula is C10H9NO5. The number of amides is 1. The second-order valence-corrected chi connectivity index (χ2v) is 2.80. The van der Waals surface area contributed by atoms with Gasteiger partial charge in [-0.1, -0.05) is 0 Å². The van der Waals surface area contributed by atoms with Crippen LogP contribution in [0.15, 0.2) is 18.2 Å². The number of ether oxygens (including phenoxy) is 2. The van der Waals surface area contributed by atoms with E-state index in [-0.39, 0.29) is 30.4 Å². The van der Waals surface area contributed by atoms with Gasteiger partial charge >= 0.3 is 0 Å². The van der Waals surface area contributed by atoms with Crippen LogP contribution in [0.25, 0.3) is 0 Å². The fraction of sp³-hybridized carbons (Fsp3) is 0.100. The van der Waals surface area contributed by atoms with E-state index in [9.17, 15) is 14.4 Å². The van der Waals surface area contributed by atoms with Crippen LogP contribution in [0.1, 0.15) is 6.92 Å². The molecular weight excluding hydrogens is 214 g/mol. The Hall–Kier alpha value is -2.37. The molecule has 0 aliphatic rings. The van der Waals surface area contributed by atoms with Crippen LogP contribution in [-0.2, 0) is 14.4 Å². The van der Waals surface area contributed by atoms with Gasteiger partial charge in [-0.2, -0.15) is 0 Å². The van der Waals surface area contributed by atoms with Crippen LogP contribution < -0.4 is 14.8 Å². The zero-order valence-electron chi connectivity index (χ0n) is 8.43. The summed E-state index contributed by atoms with van der Waals surface area (Å²) in [6, 6.07) is 4.19. The van der Waals surface area contributed by atoms with Crippen molar-refractivity contribution in [1.82, 2.24) is 0 Å². The molecule has 1 N–H and O–H groups in total. The minimum Gasteiger partial charge on any atom is -0.429 e. The average molecular weight is 223 g/mol.